The van der Waals surface area contributed by atoms with Crippen molar-refractivity contribution in [3.63, 3.8) is 0 Å². The van der Waals surface area contributed by atoms with Crippen molar-refractivity contribution < 1.29 is 9.53 Å². The fourth-order valence-electron chi connectivity index (χ4n) is 3.60. The molecule has 3 heterocycles. The van der Waals surface area contributed by atoms with Crippen LogP contribution in [0.2, 0.25) is 0 Å². The number of morpholine rings is 1. The van der Waals surface area contributed by atoms with Crippen molar-refractivity contribution in [2.24, 2.45) is 0 Å². The molecule has 2 aliphatic heterocycles. The number of hydrogen-bond acceptors (Lipinski definition) is 6. The molecule has 1 aromatic carbocycles. The van der Waals surface area contributed by atoms with Gasteiger partial charge < -0.3 is 15.0 Å². The summed E-state index contributed by atoms with van der Waals surface area (Å²) in [6, 6.07) is 12.0. The number of anilines is 1. The van der Waals surface area contributed by atoms with Gasteiger partial charge in [0, 0.05) is 68.1 Å². The van der Waals surface area contributed by atoms with E-state index in [0.717, 1.165) is 62.9 Å². The zero-order valence-electron chi connectivity index (χ0n) is 16.7. The first-order valence-electron chi connectivity index (χ1n) is 10.3. The summed E-state index contributed by atoms with van der Waals surface area (Å²) in [6.07, 6.45) is 1.93. The molecule has 2 fully saturated rings. The average Bonchev–Trinajstić information content (AvgIpc) is 2.80. The van der Waals surface area contributed by atoms with Crippen LogP contribution in [0.5, 0.6) is 0 Å². The Kier molecular flexibility index (Phi) is 7.03. The van der Waals surface area contributed by atoms with Gasteiger partial charge in [-0.25, -0.2) is 4.98 Å². The molecule has 2 aromatic rings. The summed E-state index contributed by atoms with van der Waals surface area (Å²) < 4.78 is 5.34. The van der Waals surface area contributed by atoms with Crippen LogP contribution >= 0.6 is 11.8 Å². The number of carbonyl (C=O) groups excluding carboxylic acids is 1. The van der Waals surface area contributed by atoms with Crippen molar-refractivity contribution in [3.05, 3.63) is 48.2 Å². The van der Waals surface area contributed by atoms with Crippen molar-refractivity contribution >= 4 is 23.5 Å². The Morgan fingerprint density at radius 2 is 1.72 bits per heavy atom. The molecule has 0 unspecified atom stereocenters. The Morgan fingerprint density at radius 3 is 2.41 bits per heavy atom. The number of aromatic nitrogens is 1. The Bertz CT molecular complexity index is 785. The molecule has 4 rings (SSSR count). The fourth-order valence-corrected chi connectivity index (χ4v) is 4.51. The van der Waals surface area contributed by atoms with Gasteiger partial charge >= 0.3 is 0 Å². The highest BCUT2D eigenvalue weighted by Gasteiger charge is 2.13. The standard InChI is InChI=1S/C22H28N4O2S/c27-22(23-7-8-25-9-13-28-14-10-25)19-3-1-18(2-4-19)20-5-6-21(24-17-20)26-11-15-29-16-12-26/h1-6,17H,7-16H2,(H,23,27). The molecular formula is C22H28N4O2S. The van der Waals surface area contributed by atoms with Gasteiger partial charge in [0.15, 0.2) is 0 Å². The molecule has 1 aromatic heterocycles. The lowest BCUT2D eigenvalue weighted by Crippen LogP contribution is -2.41. The number of hydrogen-bond donors (Lipinski definition) is 1. The number of ether oxygens (including phenoxy) is 1. The summed E-state index contributed by atoms with van der Waals surface area (Å²) in [4.78, 5) is 21.7. The first kappa shape index (κ1) is 20.2. The van der Waals surface area contributed by atoms with Crippen LogP contribution in [-0.2, 0) is 4.74 Å². The van der Waals surface area contributed by atoms with Gasteiger partial charge in [-0.05, 0) is 29.8 Å². The number of nitrogens with one attached hydrogen (secondary N) is 1. The van der Waals surface area contributed by atoms with E-state index < -0.39 is 0 Å². The van der Waals surface area contributed by atoms with E-state index in [1.165, 1.54) is 11.5 Å². The minimum absolute atomic E-state index is 0.0266. The van der Waals surface area contributed by atoms with Crippen molar-refractivity contribution in [1.29, 1.82) is 0 Å². The SMILES string of the molecule is O=C(NCCN1CCOCC1)c1ccc(-c2ccc(N3CCSCC3)nc2)cc1. The van der Waals surface area contributed by atoms with Crippen molar-refractivity contribution in [3.8, 4) is 11.1 Å². The third-order valence-electron chi connectivity index (χ3n) is 5.38. The van der Waals surface area contributed by atoms with E-state index in [9.17, 15) is 4.79 Å². The lowest BCUT2D eigenvalue weighted by molar-refractivity contribution is 0.0383. The van der Waals surface area contributed by atoms with Crippen LogP contribution in [-0.4, -0.2) is 79.8 Å². The van der Waals surface area contributed by atoms with E-state index >= 15 is 0 Å². The minimum Gasteiger partial charge on any atom is -0.379 e. The largest absolute Gasteiger partial charge is 0.379 e. The summed E-state index contributed by atoms with van der Waals surface area (Å²) in [5.74, 6) is 3.35. The van der Waals surface area contributed by atoms with Gasteiger partial charge in [0.05, 0.1) is 13.2 Å². The van der Waals surface area contributed by atoms with Crippen molar-refractivity contribution in [1.82, 2.24) is 15.2 Å². The molecule has 0 spiro atoms. The topological polar surface area (TPSA) is 57.7 Å². The van der Waals surface area contributed by atoms with Gasteiger partial charge in [-0.2, -0.15) is 11.8 Å². The number of pyridine rings is 1. The van der Waals surface area contributed by atoms with E-state index in [1.807, 2.05) is 42.2 Å². The van der Waals surface area contributed by atoms with Crippen molar-refractivity contribution in [2.75, 3.05) is 68.9 Å². The first-order chi connectivity index (χ1) is 14.3. The number of amides is 1. The van der Waals surface area contributed by atoms with Crippen LogP contribution in [0.3, 0.4) is 0 Å². The minimum atomic E-state index is -0.0266. The Balaban J connectivity index is 1.30. The first-order valence-corrected chi connectivity index (χ1v) is 11.4. The van der Waals surface area contributed by atoms with E-state index in [4.69, 9.17) is 4.74 Å². The van der Waals surface area contributed by atoms with Crippen LogP contribution in [0.25, 0.3) is 11.1 Å². The summed E-state index contributed by atoms with van der Waals surface area (Å²) in [5.41, 5.74) is 2.83. The van der Waals surface area contributed by atoms with Crippen molar-refractivity contribution in [2.45, 2.75) is 0 Å². The number of nitrogens with zero attached hydrogens (tertiary/aromatic N) is 3. The summed E-state index contributed by atoms with van der Waals surface area (Å²) in [6.45, 7) is 7.08. The molecule has 6 nitrogen and oxygen atoms in total. The molecule has 1 amide bonds. The zero-order chi connectivity index (χ0) is 19.9. The summed E-state index contributed by atoms with van der Waals surface area (Å²) in [5, 5.41) is 3.01. The van der Waals surface area contributed by atoms with Crippen LogP contribution < -0.4 is 10.2 Å². The molecule has 7 heteroatoms. The molecule has 2 saturated heterocycles. The highest BCUT2D eigenvalue weighted by molar-refractivity contribution is 7.99. The van der Waals surface area contributed by atoms with Gasteiger partial charge in [-0.15, -0.1) is 0 Å². The predicted molar refractivity (Wildman–Crippen MR) is 119 cm³/mol. The third kappa shape index (κ3) is 5.50. The number of benzene rings is 1. The second-order valence-corrected chi connectivity index (χ2v) is 8.52. The zero-order valence-corrected chi connectivity index (χ0v) is 17.5. The normalized spacial score (nSPS) is 17.9. The predicted octanol–water partition coefficient (Wildman–Crippen LogP) is 2.36. The molecule has 0 atom stereocenters. The monoisotopic (exact) mass is 412 g/mol. The Morgan fingerprint density at radius 1 is 1.00 bits per heavy atom. The van der Waals surface area contributed by atoms with Crippen LogP contribution in [0.15, 0.2) is 42.6 Å². The number of rotatable bonds is 6. The molecule has 2 aliphatic rings. The fraction of sp³-hybridized carbons (Fsp3) is 0.455. The van der Waals surface area contributed by atoms with Gasteiger partial charge in [0.2, 0.25) is 0 Å². The second-order valence-electron chi connectivity index (χ2n) is 7.29. The number of carbonyl (C=O) groups is 1. The maximum atomic E-state index is 12.4. The van der Waals surface area contributed by atoms with Gasteiger partial charge in [-0.3, -0.25) is 9.69 Å². The third-order valence-corrected chi connectivity index (χ3v) is 6.32. The van der Waals surface area contributed by atoms with Crippen LogP contribution in [0, 0.1) is 0 Å². The van der Waals surface area contributed by atoms with Gasteiger partial charge in [0.1, 0.15) is 5.82 Å². The summed E-state index contributed by atoms with van der Waals surface area (Å²) in [7, 11) is 0. The molecule has 0 aliphatic carbocycles. The lowest BCUT2D eigenvalue weighted by atomic mass is 10.1. The van der Waals surface area contributed by atoms with Gasteiger partial charge in [-0.1, -0.05) is 12.1 Å². The Labute approximate surface area is 176 Å². The quantitative estimate of drug-likeness (QED) is 0.786. The Hall–Kier alpha value is -2.09. The number of thioether (sulfide) groups is 1. The highest BCUT2D eigenvalue weighted by atomic mass is 32.2. The van der Waals surface area contributed by atoms with E-state index in [-0.39, 0.29) is 5.91 Å². The molecule has 154 valence electrons. The molecule has 0 radical (unpaired) electrons. The molecule has 29 heavy (non-hydrogen) atoms. The highest BCUT2D eigenvalue weighted by Crippen LogP contribution is 2.23. The van der Waals surface area contributed by atoms with Crippen LogP contribution in [0.4, 0.5) is 5.82 Å². The van der Waals surface area contributed by atoms with E-state index in [0.29, 0.717) is 12.1 Å². The van der Waals surface area contributed by atoms with E-state index in [2.05, 4.69) is 32.2 Å². The van der Waals surface area contributed by atoms with E-state index in [1.54, 1.807) is 0 Å². The summed E-state index contributed by atoms with van der Waals surface area (Å²) >= 11 is 2.00. The van der Waals surface area contributed by atoms with Gasteiger partial charge in [0.25, 0.3) is 5.91 Å². The van der Waals surface area contributed by atoms with Crippen LogP contribution in [0.1, 0.15) is 10.4 Å². The second kappa shape index (κ2) is 10.1. The maximum absolute atomic E-state index is 12.4. The smallest absolute Gasteiger partial charge is 0.251 e. The molecule has 0 saturated carbocycles. The molecule has 1 N–H and O–H groups in total. The lowest BCUT2D eigenvalue weighted by Gasteiger charge is -2.27. The average molecular weight is 413 g/mol. The maximum Gasteiger partial charge on any atom is 0.251 e. The molecule has 0 bridgehead atoms. The molecular weight excluding hydrogens is 384 g/mol.